The predicted molar refractivity (Wildman–Crippen MR) is 75.5 cm³/mol. The standard InChI is InChI=1S/C16H11F4NO/c17-13-3-1-2-4-14(13)21-15(22)10-7-11-5-8-12(9-6-11)16(18,19)20/h1-10H,(H,21,22)/b10-7+. The van der Waals surface area contributed by atoms with Crippen LogP contribution in [0.5, 0.6) is 0 Å². The van der Waals surface area contributed by atoms with Gasteiger partial charge < -0.3 is 5.32 Å². The molecule has 0 aromatic heterocycles. The van der Waals surface area contributed by atoms with Crippen LogP contribution in [0.4, 0.5) is 23.2 Å². The molecule has 0 saturated carbocycles. The van der Waals surface area contributed by atoms with Crippen molar-refractivity contribution < 1.29 is 22.4 Å². The van der Waals surface area contributed by atoms with Crippen LogP contribution >= 0.6 is 0 Å². The first-order valence-electron chi connectivity index (χ1n) is 6.27. The van der Waals surface area contributed by atoms with Crippen LogP contribution in [0.15, 0.2) is 54.6 Å². The number of carbonyl (C=O) groups excluding carboxylic acids is 1. The van der Waals surface area contributed by atoms with Gasteiger partial charge in [0.25, 0.3) is 0 Å². The Morgan fingerprint density at radius 2 is 1.64 bits per heavy atom. The van der Waals surface area contributed by atoms with E-state index in [-0.39, 0.29) is 5.69 Å². The second-order valence-electron chi connectivity index (χ2n) is 4.42. The maximum Gasteiger partial charge on any atom is 0.416 e. The van der Waals surface area contributed by atoms with E-state index in [1.165, 1.54) is 36.4 Å². The minimum Gasteiger partial charge on any atom is -0.320 e. The zero-order chi connectivity index (χ0) is 16.2. The first-order chi connectivity index (χ1) is 10.4. The van der Waals surface area contributed by atoms with E-state index in [1.807, 2.05) is 0 Å². The van der Waals surface area contributed by atoms with E-state index in [2.05, 4.69) is 5.32 Å². The number of carbonyl (C=O) groups is 1. The highest BCUT2D eigenvalue weighted by Crippen LogP contribution is 2.29. The van der Waals surface area contributed by atoms with Gasteiger partial charge >= 0.3 is 6.18 Å². The minimum atomic E-state index is -4.40. The van der Waals surface area contributed by atoms with Gasteiger partial charge in [0.05, 0.1) is 11.3 Å². The lowest BCUT2D eigenvalue weighted by molar-refractivity contribution is -0.137. The highest BCUT2D eigenvalue weighted by Gasteiger charge is 2.29. The van der Waals surface area contributed by atoms with Gasteiger partial charge in [0, 0.05) is 6.08 Å². The van der Waals surface area contributed by atoms with Crippen molar-refractivity contribution in [2.24, 2.45) is 0 Å². The van der Waals surface area contributed by atoms with Gasteiger partial charge in [-0.2, -0.15) is 13.2 Å². The lowest BCUT2D eigenvalue weighted by Crippen LogP contribution is -2.09. The molecule has 0 spiro atoms. The first kappa shape index (κ1) is 15.8. The molecule has 2 aromatic rings. The van der Waals surface area contributed by atoms with Crippen molar-refractivity contribution in [3.05, 3.63) is 71.6 Å². The summed E-state index contributed by atoms with van der Waals surface area (Å²) >= 11 is 0. The average molecular weight is 309 g/mol. The van der Waals surface area contributed by atoms with Gasteiger partial charge in [0.2, 0.25) is 5.91 Å². The fraction of sp³-hybridized carbons (Fsp3) is 0.0625. The Hall–Kier alpha value is -2.63. The molecular weight excluding hydrogens is 298 g/mol. The predicted octanol–water partition coefficient (Wildman–Crippen LogP) is 4.50. The van der Waals surface area contributed by atoms with Gasteiger partial charge in [0.1, 0.15) is 5.82 Å². The maximum absolute atomic E-state index is 13.3. The van der Waals surface area contributed by atoms with E-state index in [1.54, 1.807) is 6.07 Å². The number of anilines is 1. The van der Waals surface area contributed by atoms with Crippen LogP contribution in [0.3, 0.4) is 0 Å². The molecule has 1 amide bonds. The summed E-state index contributed by atoms with van der Waals surface area (Å²) in [5.41, 5.74) is -0.304. The number of rotatable bonds is 3. The SMILES string of the molecule is O=C(/C=C/c1ccc(C(F)(F)F)cc1)Nc1ccccc1F. The van der Waals surface area contributed by atoms with Crippen molar-refractivity contribution in [2.75, 3.05) is 5.32 Å². The summed E-state index contributed by atoms with van der Waals surface area (Å²) in [6, 6.07) is 10.0. The maximum atomic E-state index is 13.3. The van der Waals surface area contributed by atoms with Crippen molar-refractivity contribution in [3.8, 4) is 0 Å². The third-order valence-corrected chi connectivity index (χ3v) is 2.80. The van der Waals surface area contributed by atoms with Crippen molar-refractivity contribution in [2.45, 2.75) is 6.18 Å². The van der Waals surface area contributed by atoms with Crippen molar-refractivity contribution in [1.82, 2.24) is 0 Å². The molecule has 0 aliphatic carbocycles. The third kappa shape index (κ3) is 4.18. The highest BCUT2D eigenvalue weighted by molar-refractivity contribution is 6.01. The number of halogens is 4. The molecule has 0 heterocycles. The van der Waals surface area contributed by atoms with Crippen molar-refractivity contribution in [3.63, 3.8) is 0 Å². The van der Waals surface area contributed by atoms with E-state index >= 15 is 0 Å². The van der Waals surface area contributed by atoms with Crippen LogP contribution in [0.2, 0.25) is 0 Å². The molecule has 0 bridgehead atoms. The van der Waals surface area contributed by atoms with Crippen LogP contribution in [0, 0.1) is 5.82 Å². The zero-order valence-electron chi connectivity index (χ0n) is 11.2. The normalized spacial score (nSPS) is 11.6. The summed E-state index contributed by atoms with van der Waals surface area (Å²) in [6.07, 6.45) is -1.93. The Bertz CT molecular complexity index is 690. The van der Waals surface area contributed by atoms with Crippen LogP contribution in [-0.4, -0.2) is 5.91 Å². The van der Waals surface area contributed by atoms with E-state index < -0.39 is 23.5 Å². The Morgan fingerprint density at radius 1 is 1.00 bits per heavy atom. The quantitative estimate of drug-likeness (QED) is 0.656. The summed E-state index contributed by atoms with van der Waals surface area (Å²) in [5.74, 6) is -1.15. The molecule has 2 aromatic carbocycles. The van der Waals surface area contributed by atoms with Gasteiger partial charge in [-0.25, -0.2) is 4.39 Å². The number of nitrogens with one attached hydrogen (secondary N) is 1. The summed E-state index contributed by atoms with van der Waals surface area (Å²) in [6.45, 7) is 0. The minimum absolute atomic E-state index is 0.0320. The molecule has 0 fully saturated rings. The molecule has 0 radical (unpaired) electrons. The first-order valence-corrected chi connectivity index (χ1v) is 6.27. The number of benzene rings is 2. The monoisotopic (exact) mass is 309 g/mol. The Balaban J connectivity index is 2.02. The molecule has 22 heavy (non-hydrogen) atoms. The van der Waals surface area contributed by atoms with Crippen LogP contribution in [0.1, 0.15) is 11.1 Å². The molecule has 0 unspecified atom stereocenters. The second kappa shape index (κ2) is 6.43. The smallest absolute Gasteiger partial charge is 0.320 e. The van der Waals surface area contributed by atoms with E-state index in [9.17, 15) is 22.4 Å². The summed E-state index contributed by atoms with van der Waals surface area (Å²) in [7, 11) is 0. The number of alkyl halides is 3. The van der Waals surface area contributed by atoms with Crippen LogP contribution < -0.4 is 5.32 Å². The summed E-state index contributed by atoms with van der Waals surface area (Å²) in [5, 5.41) is 2.34. The Morgan fingerprint density at radius 3 is 2.23 bits per heavy atom. The van der Waals surface area contributed by atoms with Crippen molar-refractivity contribution in [1.29, 1.82) is 0 Å². The van der Waals surface area contributed by atoms with Gasteiger partial charge in [-0.15, -0.1) is 0 Å². The second-order valence-corrected chi connectivity index (χ2v) is 4.42. The molecule has 114 valence electrons. The third-order valence-electron chi connectivity index (χ3n) is 2.80. The van der Waals surface area contributed by atoms with E-state index in [0.29, 0.717) is 5.56 Å². The van der Waals surface area contributed by atoms with E-state index in [0.717, 1.165) is 18.2 Å². The fourth-order valence-corrected chi connectivity index (χ4v) is 1.69. The molecule has 6 heteroatoms. The number of para-hydroxylation sites is 1. The molecule has 0 saturated heterocycles. The van der Waals surface area contributed by atoms with Gasteiger partial charge in [0.15, 0.2) is 0 Å². The van der Waals surface area contributed by atoms with Gasteiger partial charge in [-0.3, -0.25) is 4.79 Å². The number of hydrogen-bond acceptors (Lipinski definition) is 1. The lowest BCUT2D eigenvalue weighted by atomic mass is 10.1. The van der Waals surface area contributed by atoms with Crippen LogP contribution in [-0.2, 0) is 11.0 Å². The molecular formula is C16H11F4NO. The Kier molecular flexibility index (Phi) is 4.60. The number of amides is 1. The molecule has 0 atom stereocenters. The molecule has 0 aliphatic heterocycles. The largest absolute Gasteiger partial charge is 0.416 e. The van der Waals surface area contributed by atoms with Gasteiger partial charge in [-0.1, -0.05) is 24.3 Å². The topological polar surface area (TPSA) is 29.1 Å². The lowest BCUT2D eigenvalue weighted by Gasteiger charge is -2.06. The molecule has 0 aliphatic rings. The molecule has 2 rings (SSSR count). The zero-order valence-corrected chi connectivity index (χ0v) is 11.2. The molecule has 1 N–H and O–H groups in total. The summed E-state index contributed by atoms with van der Waals surface area (Å²) < 4.78 is 50.5. The average Bonchev–Trinajstić information content (AvgIpc) is 2.47. The van der Waals surface area contributed by atoms with Crippen molar-refractivity contribution >= 4 is 17.7 Å². The Labute approximate surface area is 124 Å². The van der Waals surface area contributed by atoms with E-state index in [4.69, 9.17) is 0 Å². The number of hydrogen-bond donors (Lipinski definition) is 1. The molecule has 2 nitrogen and oxygen atoms in total. The van der Waals surface area contributed by atoms with Gasteiger partial charge in [-0.05, 0) is 35.9 Å². The highest BCUT2D eigenvalue weighted by atomic mass is 19.4. The summed E-state index contributed by atoms with van der Waals surface area (Å²) in [4.78, 5) is 11.6. The fourth-order valence-electron chi connectivity index (χ4n) is 1.69. The van der Waals surface area contributed by atoms with Crippen LogP contribution in [0.25, 0.3) is 6.08 Å².